The molecule has 0 bridgehead atoms. The van der Waals surface area contributed by atoms with E-state index in [4.69, 9.17) is 4.74 Å². The van der Waals surface area contributed by atoms with Gasteiger partial charge in [-0.3, -0.25) is 9.69 Å². The molecular formula is C12H23NO2S. The minimum atomic E-state index is -0.189. The number of ketones is 1. The summed E-state index contributed by atoms with van der Waals surface area (Å²) >= 11 is 1.75. The lowest BCUT2D eigenvalue weighted by Crippen LogP contribution is -2.37. The summed E-state index contributed by atoms with van der Waals surface area (Å²) < 4.78 is 5.29. The minimum Gasteiger partial charge on any atom is -0.379 e. The molecule has 94 valence electrons. The van der Waals surface area contributed by atoms with Gasteiger partial charge in [0.1, 0.15) is 5.78 Å². The lowest BCUT2D eigenvalue weighted by molar-refractivity contribution is -0.123. The monoisotopic (exact) mass is 245 g/mol. The van der Waals surface area contributed by atoms with Gasteiger partial charge in [-0.15, -0.1) is 0 Å². The van der Waals surface area contributed by atoms with Crippen molar-refractivity contribution in [3.05, 3.63) is 0 Å². The molecule has 0 amide bonds. The molecule has 0 saturated carbocycles. The number of carbonyl (C=O) groups excluding carboxylic acids is 1. The number of nitrogens with zero attached hydrogens (tertiary/aromatic N) is 1. The Balaban J connectivity index is 2.05. The smallest absolute Gasteiger partial charge is 0.148 e. The second-order valence-corrected chi connectivity index (χ2v) is 6.28. The summed E-state index contributed by atoms with van der Waals surface area (Å²) in [7, 11) is 0. The van der Waals surface area contributed by atoms with Gasteiger partial charge in [-0.1, -0.05) is 20.8 Å². The molecule has 1 aliphatic heterocycles. The molecule has 0 N–H and O–H groups in total. The molecule has 0 unspecified atom stereocenters. The molecule has 3 nitrogen and oxygen atoms in total. The molecule has 1 fully saturated rings. The van der Waals surface area contributed by atoms with Gasteiger partial charge in [0, 0.05) is 30.8 Å². The molecule has 1 heterocycles. The molecule has 0 aromatic carbocycles. The molecule has 0 radical (unpaired) electrons. The first-order valence-corrected chi connectivity index (χ1v) is 7.07. The van der Waals surface area contributed by atoms with E-state index in [-0.39, 0.29) is 5.41 Å². The largest absolute Gasteiger partial charge is 0.379 e. The Labute approximate surface area is 103 Å². The van der Waals surface area contributed by atoms with Gasteiger partial charge in [-0.05, 0) is 0 Å². The fourth-order valence-corrected chi connectivity index (χ4v) is 2.55. The van der Waals surface area contributed by atoms with Crippen LogP contribution in [0.2, 0.25) is 0 Å². The van der Waals surface area contributed by atoms with E-state index in [9.17, 15) is 4.79 Å². The van der Waals surface area contributed by atoms with Crippen molar-refractivity contribution in [1.82, 2.24) is 4.90 Å². The van der Waals surface area contributed by atoms with Gasteiger partial charge in [0.05, 0.1) is 19.0 Å². The average Bonchev–Trinajstić information content (AvgIpc) is 2.24. The summed E-state index contributed by atoms with van der Waals surface area (Å²) in [5.74, 6) is 2.04. The van der Waals surface area contributed by atoms with E-state index in [0.717, 1.165) is 38.6 Å². The SMILES string of the molecule is CC(C)(C)C(=O)CSCCN1CCOCC1. The highest BCUT2D eigenvalue weighted by atomic mass is 32.2. The number of ether oxygens (including phenoxy) is 1. The molecule has 1 rings (SSSR count). The Hall–Kier alpha value is -0.0600. The highest BCUT2D eigenvalue weighted by Crippen LogP contribution is 2.17. The van der Waals surface area contributed by atoms with E-state index in [1.54, 1.807) is 11.8 Å². The topological polar surface area (TPSA) is 29.5 Å². The molecular weight excluding hydrogens is 222 g/mol. The molecule has 1 aliphatic rings. The molecule has 0 spiro atoms. The molecule has 1 saturated heterocycles. The van der Waals surface area contributed by atoms with Crippen molar-refractivity contribution < 1.29 is 9.53 Å². The summed E-state index contributed by atoms with van der Waals surface area (Å²) in [5.41, 5.74) is -0.189. The third kappa shape index (κ3) is 5.32. The first-order valence-electron chi connectivity index (χ1n) is 5.91. The van der Waals surface area contributed by atoms with E-state index in [0.29, 0.717) is 11.5 Å². The van der Waals surface area contributed by atoms with E-state index in [1.807, 2.05) is 20.8 Å². The molecule has 16 heavy (non-hydrogen) atoms. The molecule has 0 aromatic rings. The third-order valence-corrected chi connectivity index (χ3v) is 3.66. The minimum absolute atomic E-state index is 0.189. The predicted molar refractivity (Wildman–Crippen MR) is 69.0 cm³/mol. The van der Waals surface area contributed by atoms with Crippen molar-refractivity contribution in [3.8, 4) is 0 Å². The number of hydrogen-bond donors (Lipinski definition) is 0. The van der Waals surface area contributed by atoms with Gasteiger partial charge in [0.25, 0.3) is 0 Å². The number of hydrogen-bond acceptors (Lipinski definition) is 4. The average molecular weight is 245 g/mol. The van der Waals surface area contributed by atoms with Gasteiger partial charge < -0.3 is 4.74 Å². The Morgan fingerprint density at radius 2 is 1.94 bits per heavy atom. The standard InChI is InChI=1S/C12H23NO2S/c1-12(2,3)11(14)10-16-9-6-13-4-7-15-8-5-13/h4-10H2,1-3H3. The normalized spacial score (nSPS) is 18.7. The second kappa shape index (κ2) is 6.62. The van der Waals surface area contributed by atoms with Gasteiger partial charge >= 0.3 is 0 Å². The maximum atomic E-state index is 11.7. The fourth-order valence-electron chi connectivity index (χ4n) is 1.40. The van der Waals surface area contributed by atoms with Gasteiger partial charge in [0.2, 0.25) is 0 Å². The van der Waals surface area contributed by atoms with Crippen molar-refractivity contribution in [2.75, 3.05) is 44.4 Å². The number of carbonyl (C=O) groups is 1. The second-order valence-electron chi connectivity index (χ2n) is 5.18. The van der Waals surface area contributed by atoms with E-state index >= 15 is 0 Å². The Bertz CT molecular complexity index is 220. The zero-order chi connectivity index (χ0) is 12.0. The van der Waals surface area contributed by atoms with Crippen LogP contribution in [0.15, 0.2) is 0 Å². The summed E-state index contributed by atoms with van der Waals surface area (Å²) in [6.07, 6.45) is 0. The van der Waals surface area contributed by atoms with Crippen LogP contribution in [-0.2, 0) is 9.53 Å². The third-order valence-electron chi connectivity index (χ3n) is 2.73. The Kier molecular flexibility index (Phi) is 5.79. The first-order chi connectivity index (χ1) is 7.50. The summed E-state index contributed by atoms with van der Waals surface area (Å²) in [4.78, 5) is 14.1. The maximum absolute atomic E-state index is 11.7. The van der Waals surface area contributed by atoms with Crippen LogP contribution in [0.3, 0.4) is 0 Å². The summed E-state index contributed by atoms with van der Waals surface area (Å²) in [6, 6.07) is 0. The van der Waals surface area contributed by atoms with Crippen molar-refractivity contribution >= 4 is 17.5 Å². The summed E-state index contributed by atoms with van der Waals surface area (Å²) in [5, 5.41) is 0. The van der Waals surface area contributed by atoms with Crippen LogP contribution in [0.25, 0.3) is 0 Å². The molecule has 4 heteroatoms. The van der Waals surface area contributed by atoms with E-state index < -0.39 is 0 Å². The van der Waals surface area contributed by atoms with Crippen LogP contribution in [0.4, 0.5) is 0 Å². The summed E-state index contributed by atoms with van der Waals surface area (Å²) in [6.45, 7) is 10.8. The van der Waals surface area contributed by atoms with Crippen molar-refractivity contribution in [3.63, 3.8) is 0 Å². The predicted octanol–water partition coefficient (Wildman–Crippen LogP) is 1.67. The zero-order valence-electron chi connectivity index (χ0n) is 10.6. The van der Waals surface area contributed by atoms with Crippen LogP contribution in [0.5, 0.6) is 0 Å². The van der Waals surface area contributed by atoms with Crippen LogP contribution in [0.1, 0.15) is 20.8 Å². The molecule has 0 aliphatic carbocycles. The lowest BCUT2D eigenvalue weighted by Gasteiger charge is -2.26. The first kappa shape index (κ1) is 14.0. The highest BCUT2D eigenvalue weighted by Gasteiger charge is 2.20. The lowest BCUT2D eigenvalue weighted by atomic mass is 9.92. The van der Waals surface area contributed by atoms with E-state index in [1.165, 1.54) is 0 Å². The van der Waals surface area contributed by atoms with Crippen molar-refractivity contribution in [2.45, 2.75) is 20.8 Å². The van der Waals surface area contributed by atoms with Crippen LogP contribution in [-0.4, -0.2) is 55.0 Å². The highest BCUT2D eigenvalue weighted by molar-refractivity contribution is 7.99. The van der Waals surface area contributed by atoms with Gasteiger partial charge in [-0.25, -0.2) is 0 Å². The fraction of sp³-hybridized carbons (Fsp3) is 0.917. The van der Waals surface area contributed by atoms with Crippen LogP contribution in [0, 0.1) is 5.41 Å². The number of rotatable bonds is 5. The number of thioether (sulfide) groups is 1. The number of morpholine rings is 1. The number of Topliss-reactive ketones (excluding diaryl/α,β-unsaturated/α-hetero) is 1. The molecule has 0 aromatic heterocycles. The Morgan fingerprint density at radius 1 is 1.31 bits per heavy atom. The van der Waals surface area contributed by atoms with E-state index in [2.05, 4.69) is 4.90 Å². The molecule has 0 atom stereocenters. The van der Waals surface area contributed by atoms with Crippen LogP contribution >= 0.6 is 11.8 Å². The van der Waals surface area contributed by atoms with Gasteiger partial charge in [0.15, 0.2) is 0 Å². The maximum Gasteiger partial charge on any atom is 0.148 e. The van der Waals surface area contributed by atoms with Crippen molar-refractivity contribution in [2.24, 2.45) is 5.41 Å². The van der Waals surface area contributed by atoms with Gasteiger partial charge in [-0.2, -0.15) is 11.8 Å². The van der Waals surface area contributed by atoms with Crippen molar-refractivity contribution in [1.29, 1.82) is 0 Å². The van der Waals surface area contributed by atoms with Crippen LogP contribution < -0.4 is 0 Å². The Morgan fingerprint density at radius 3 is 2.50 bits per heavy atom. The zero-order valence-corrected chi connectivity index (χ0v) is 11.4. The quantitative estimate of drug-likeness (QED) is 0.689.